The van der Waals surface area contributed by atoms with Crippen LogP contribution in [0.25, 0.3) is 16.8 Å². The Balaban J connectivity index is 1.14. The van der Waals surface area contributed by atoms with E-state index in [-0.39, 0.29) is 41.5 Å². The zero-order chi connectivity index (χ0) is 39.4. The normalized spacial score (nSPS) is 22.6. The van der Waals surface area contributed by atoms with Gasteiger partial charge in [0.1, 0.15) is 36.1 Å². The molecule has 0 radical (unpaired) electrons. The maximum atomic E-state index is 13.8. The SMILES string of the molecule is COc1ccc2cc1OCc1ccc3c(c(O)cc4c3c1C=CC4C)C1(C#COC(CC3C=C(O)C=CC3CCCCc3ccccc3)CC(=O)CC2)CCCC1. The molecule has 57 heavy (non-hydrogen) atoms. The highest BCUT2D eigenvalue weighted by Crippen LogP contribution is 2.51. The molecule has 4 atom stereocenters. The van der Waals surface area contributed by atoms with Gasteiger partial charge in [-0.15, -0.1) is 0 Å². The zero-order valence-corrected chi connectivity index (χ0v) is 33.3. The number of hydrogen-bond donors (Lipinski definition) is 2. The van der Waals surface area contributed by atoms with Gasteiger partial charge in [-0.3, -0.25) is 4.79 Å². The molecule has 0 amide bonds. The predicted molar refractivity (Wildman–Crippen MR) is 227 cm³/mol. The summed E-state index contributed by atoms with van der Waals surface area (Å²) in [5.41, 5.74) is 5.86. The molecule has 3 aliphatic carbocycles. The number of carbonyl (C=O) groups excluding carboxylic acids is 1. The van der Waals surface area contributed by atoms with Crippen LogP contribution in [0.5, 0.6) is 17.2 Å². The fourth-order valence-corrected chi connectivity index (χ4v) is 9.69. The van der Waals surface area contributed by atoms with Crippen molar-refractivity contribution in [2.75, 3.05) is 7.11 Å². The third-order valence-corrected chi connectivity index (χ3v) is 12.8. The van der Waals surface area contributed by atoms with E-state index in [0.717, 1.165) is 90.0 Å². The van der Waals surface area contributed by atoms with Gasteiger partial charge >= 0.3 is 0 Å². The molecular weight excluding hydrogens is 709 g/mol. The van der Waals surface area contributed by atoms with Gasteiger partial charge in [0.15, 0.2) is 11.5 Å². The van der Waals surface area contributed by atoms with Gasteiger partial charge in [0.25, 0.3) is 0 Å². The van der Waals surface area contributed by atoms with Crippen LogP contribution in [-0.2, 0) is 34.4 Å². The van der Waals surface area contributed by atoms with Crippen molar-refractivity contribution in [3.63, 3.8) is 0 Å². The number of unbranched alkanes of at least 4 members (excludes halogenated alkanes) is 1. The third kappa shape index (κ3) is 8.35. The lowest BCUT2D eigenvalue weighted by Crippen LogP contribution is -2.25. The number of phenols is 1. The molecule has 6 heteroatoms. The number of ketones is 1. The third-order valence-electron chi connectivity index (χ3n) is 12.8. The Morgan fingerprint density at radius 2 is 1.77 bits per heavy atom. The largest absolute Gasteiger partial charge is 0.508 e. The molecule has 0 saturated heterocycles. The average molecular weight is 763 g/mol. The van der Waals surface area contributed by atoms with Crippen molar-refractivity contribution >= 4 is 22.6 Å². The van der Waals surface area contributed by atoms with Crippen molar-refractivity contribution < 1.29 is 29.2 Å². The molecule has 6 nitrogen and oxygen atoms in total. The lowest BCUT2D eigenvalue weighted by Gasteiger charge is -2.30. The van der Waals surface area contributed by atoms with Crippen LogP contribution in [0.15, 0.2) is 96.8 Å². The van der Waals surface area contributed by atoms with E-state index in [9.17, 15) is 15.0 Å². The highest BCUT2D eigenvalue weighted by molar-refractivity contribution is 6.01. The van der Waals surface area contributed by atoms with Gasteiger partial charge in [-0.2, -0.15) is 0 Å². The molecule has 4 aromatic carbocycles. The van der Waals surface area contributed by atoms with E-state index in [4.69, 9.17) is 14.2 Å². The van der Waals surface area contributed by atoms with Crippen LogP contribution < -0.4 is 9.47 Å². The summed E-state index contributed by atoms with van der Waals surface area (Å²) in [7, 11) is 1.64. The minimum Gasteiger partial charge on any atom is -0.508 e. The number of methoxy groups -OCH3 is 1. The second kappa shape index (κ2) is 17.0. The second-order valence-electron chi connectivity index (χ2n) is 16.6. The lowest BCUT2D eigenvalue weighted by atomic mass is 9.73. The van der Waals surface area contributed by atoms with E-state index in [1.165, 1.54) is 5.56 Å². The molecular formula is C51H54O6. The molecule has 4 aromatic rings. The molecule has 1 saturated carbocycles. The summed E-state index contributed by atoms with van der Waals surface area (Å²) in [6.45, 7) is 2.51. The fourth-order valence-electron chi connectivity index (χ4n) is 9.69. The topological polar surface area (TPSA) is 85.2 Å². The Labute approximate surface area is 337 Å². The molecule has 0 aromatic heterocycles. The van der Waals surface area contributed by atoms with E-state index in [1.807, 2.05) is 30.3 Å². The monoisotopic (exact) mass is 762 g/mol. The van der Waals surface area contributed by atoms with E-state index in [1.54, 1.807) is 13.2 Å². The Hall–Kier alpha value is -5.41. The number of rotatable bonds is 8. The van der Waals surface area contributed by atoms with Crippen molar-refractivity contribution in [1.82, 2.24) is 0 Å². The van der Waals surface area contributed by atoms with Gasteiger partial charge < -0.3 is 24.4 Å². The fraction of sp³-hybridized carbons (Fsp3) is 0.392. The molecule has 6 bridgehead atoms. The summed E-state index contributed by atoms with van der Waals surface area (Å²) >= 11 is 0. The maximum absolute atomic E-state index is 13.8. The first kappa shape index (κ1) is 38.5. The first-order valence-electron chi connectivity index (χ1n) is 20.9. The first-order valence-corrected chi connectivity index (χ1v) is 20.9. The second-order valence-corrected chi connectivity index (χ2v) is 16.6. The van der Waals surface area contributed by atoms with E-state index in [0.29, 0.717) is 37.4 Å². The van der Waals surface area contributed by atoms with Gasteiger partial charge in [0.2, 0.25) is 0 Å². The number of ether oxygens (including phenoxy) is 3. The van der Waals surface area contributed by atoms with Crippen molar-refractivity contribution in [2.45, 2.75) is 108 Å². The molecule has 4 unspecified atom stereocenters. The van der Waals surface area contributed by atoms with Gasteiger partial charge in [-0.25, -0.2) is 0 Å². The van der Waals surface area contributed by atoms with Crippen molar-refractivity contribution in [1.29, 1.82) is 0 Å². The molecule has 1 spiro atoms. The van der Waals surface area contributed by atoms with Crippen LogP contribution in [0, 0.1) is 23.9 Å². The number of benzene rings is 4. The summed E-state index contributed by atoms with van der Waals surface area (Å²) in [6, 6.07) is 22.7. The number of hydrogen-bond acceptors (Lipinski definition) is 6. The highest BCUT2D eigenvalue weighted by atomic mass is 16.5. The van der Waals surface area contributed by atoms with Crippen LogP contribution in [0.4, 0.5) is 0 Å². The van der Waals surface area contributed by atoms with Crippen molar-refractivity contribution in [3.05, 3.63) is 130 Å². The zero-order valence-electron chi connectivity index (χ0n) is 33.3. The Kier molecular flexibility index (Phi) is 11.5. The van der Waals surface area contributed by atoms with Gasteiger partial charge in [-0.05, 0) is 132 Å². The number of carbonyl (C=O) groups is 1. The van der Waals surface area contributed by atoms with E-state index < -0.39 is 11.5 Å². The summed E-state index contributed by atoms with van der Waals surface area (Å²) in [5.74, 6) is 5.84. The van der Waals surface area contributed by atoms with E-state index >= 15 is 0 Å². The van der Waals surface area contributed by atoms with E-state index in [2.05, 4.69) is 79.6 Å². The molecule has 2 heterocycles. The molecule has 9 rings (SSSR count). The van der Waals surface area contributed by atoms with Gasteiger partial charge in [0.05, 0.1) is 12.5 Å². The molecule has 5 aliphatic rings. The lowest BCUT2D eigenvalue weighted by molar-refractivity contribution is -0.121. The number of aromatic hydroxyl groups is 1. The van der Waals surface area contributed by atoms with Crippen LogP contribution in [0.2, 0.25) is 0 Å². The molecule has 2 aliphatic heterocycles. The number of aliphatic hydroxyl groups is 1. The number of aryl methyl sites for hydroxylation is 2. The van der Waals surface area contributed by atoms with Gasteiger partial charge in [0, 0.05) is 24.3 Å². The minimum atomic E-state index is -0.598. The number of Topliss-reactive ketones (excluding diaryl/α,β-unsaturated/α-hetero) is 1. The van der Waals surface area contributed by atoms with Crippen molar-refractivity contribution in [2.24, 2.45) is 11.8 Å². The number of allylic oxidation sites excluding steroid dienone is 4. The summed E-state index contributed by atoms with van der Waals surface area (Å²) in [6.07, 6.45) is 22.4. The molecule has 2 N–H and O–H groups in total. The minimum absolute atomic E-state index is 0.00315. The van der Waals surface area contributed by atoms with Crippen molar-refractivity contribution in [3.8, 4) is 29.3 Å². The number of fused-ring (bicyclic) bond motifs is 8. The molecule has 1 fully saturated rings. The number of phenolic OH excluding ortho intramolecular Hbond substituents is 1. The Morgan fingerprint density at radius 1 is 0.930 bits per heavy atom. The highest BCUT2D eigenvalue weighted by Gasteiger charge is 2.39. The summed E-state index contributed by atoms with van der Waals surface area (Å²) < 4.78 is 18.7. The smallest absolute Gasteiger partial charge is 0.161 e. The quantitative estimate of drug-likeness (QED) is 0.137. The van der Waals surface area contributed by atoms with Crippen LogP contribution in [0.3, 0.4) is 0 Å². The Morgan fingerprint density at radius 3 is 2.60 bits per heavy atom. The summed E-state index contributed by atoms with van der Waals surface area (Å²) in [4.78, 5) is 13.8. The van der Waals surface area contributed by atoms with Gasteiger partial charge in [-0.1, -0.05) is 92.9 Å². The maximum Gasteiger partial charge on any atom is 0.161 e. The first-order chi connectivity index (χ1) is 27.8. The Bertz CT molecular complexity index is 2260. The van der Waals surface area contributed by atoms with Crippen LogP contribution in [0.1, 0.15) is 110 Å². The number of aliphatic hydroxyl groups excluding tert-OH is 1. The molecule has 294 valence electrons. The van der Waals surface area contributed by atoms with Crippen LogP contribution >= 0.6 is 0 Å². The summed E-state index contributed by atoms with van der Waals surface area (Å²) in [5, 5.41) is 24.7. The average Bonchev–Trinajstić information content (AvgIpc) is 3.69. The predicted octanol–water partition coefficient (Wildman–Crippen LogP) is 11.4. The van der Waals surface area contributed by atoms with Crippen LogP contribution in [-0.4, -0.2) is 29.2 Å². The standard InChI is InChI=1S/C51H54O6/c1-34-14-21-43-38-18-22-44-49(43)45(34)32-46(54)50(44)51(24-8-9-25-51)26-27-56-42(31-41(53)19-15-36-16-23-47(55-2)48(28-36)57-33-38)30-39-29-40(52)20-17-37(39)13-7-6-12-35-10-4-3-5-11-35/h3-5,10-11,14,16-18,20-23,28-29,32,34,37,39,42,52,54H,6-9,12-13,15,19,24-25,30-31,33H2,1-2H3.